The van der Waals surface area contributed by atoms with Crippen LogP contribution >= 0.6 is 11.3 Å². The number of hydrogen-bond acceptors (Lipinski definition) is 4. The monoisotopic (exact) mass is 300 g/mol. The summed E-state index contributed by atoms with van der Waals surface area (Å²) >= 11 is 1.99. The summed E-state index contributed by atoms with van der Waals surface area (Å²) in [6, 6.07) is 11.1. The second kappa shape index (κ2) is 6.09. The van der Waals surface area contributed by atoms with E-state index in [9.17, 15) is 0 Å². The first kappa shape index (κ1) is 14.6. The Balaban J connectivity index is 0.000000232. The van der Waals surface area contributed by atoms with Gasteiger partial charge < -0.3 is 0 Å². The van der Waals surface area contributed by atoms with Crippen LogP contribution in [0.25, 0.3) is 10.1 Å². The van der Waals surface area contributed by atoms with Gasteiger partial charge in [-0.05, 0) is 31.4 Å². The van der Waals surface area contributed by atoms with Crippen LogP contribution in [0.4, 0.5) is 0 Å². The lowest BCUT2D eigenvalue weighted by atomic mass is 9.98. The van der Waals surface area contributed by atoms with Crippen molar-refractivity contribution in [3.8, 4) is 0 Å². The lowest BCUT2D eigenvalue weighted by molar-refractivity contribution is -2.00. The Bertz CT molecular complexity index is 518. The minimum atomic E-state index is -4.94. The predicted octanol–water partition coefficient (Wildman–Crippen LogP) is -0.695. The summed E-state index contributed by atoms with van der Waals surface area (Å²) in [5, 5.41) is 1.41. The number of fused-ring (bicyclic) bond motifs is 2. The molecule has 1 heterocycles. The second-order valence-electron chi connectivity index (χ2n) is 4.32. The van der Waals surface area contributed by atoms with Gasteiger partial charge in [0.15, 0.2) is 0 Å². The van der Waals surface area contributed by atoms with Crippen LogP contribution in [0, 0.1) is 10.2 Å². The van der Waals surface area contributed by atoms with Crippen LogP contribution in [-0.4, -0.2) is 0 Å². The fraction of sp³-hybridized carbons (Fsp3) is 0.308. The Labute approximate surface area is 117 Å². The van der Waals surface area contributed by atoms with E-state index in [1.54, 1.807) is 10.4 Å². The van der Waals surface area contributed by atoms with Crippen LogP contribution < -0.4 is 18.6 Å². The third kappa shape index (κ3) is 4.65. The summed E-state index contributed by atoms with van der Waals surface area (Å²) in [7, 11) is -4.94. The quantitative estimate of drug-likeness (QED) is 0.602. The van der Waals surface area contributed by atoms with Crippen LogP contribution in [0.15, 0.2) is 30.3 Å². The van der Waals surface area contributed by atoms with Crippen molar-refractivity contribution in [2.45, 2.75) is 25.7 Å². The van der Waals surface area contributed by atoms with E-state index in [0.29, 0.717) is 0 Å². The van der Waals surface area contributed by atoms with E-state index in [0.717, 1.165) is 0 Å². The molecule has 3 rings (SSSR count). The molecule has 1 aliphatic rings. The first-order valence-corrected chi connectivity index (χ1v) is 7.94. The molecule has 19 heavy (non-hydrogen) atoms. The SMILES string of the molecule is [O-][Cl+3]([O-])([O-])[O-].c1ccc2[s+]c3c(cc2c1)CCCC3. The highest BCUT2D eigenvalue weighted by Gasteiger charge is 2.19. The number of aryl methyl sites for hydroxylation is 2. The van der Waals surface area contributed by atoms with Gasteiger partial charge in [-0.2, -0.15) is 0 Å². The van der Waals surface area contributed by atoms with Crippen molar-refractivity contribution in [3.63, 3.8) is 0 Å². The molecule has 0 amide bonds. The molecule has 1 aliphatic carbocycles. The van der Waals surface area contributed by atoms with E-state index in [4.69, 9.17) is 18.6 Å². The topological polar surface area (TPSA) is 92.2 Å². The number of rotatable bonds is 0. The van der Waals surface area contributed by atoms with Crippen molar-refractivity contribution in [2.75, 3.05) is 0 Å². The fourth-order valence-corrected chi connectivity index (χ4v) is 3.38. The molecule has 0 fully saturated rings. The molecule has 102 valence electrons. The second-order valence-corrected chi connectivity index (χ2v) is 6.21. The van der Waals surface area contributed by atoms with Gasteiger partial charge in [0.25, 0.3) is 0 Å². The first-order chi connectivity index (χ1) is 8.93. The van der Waals surface area contributed by atoms with Crippen LogP contribution in [-0.2, 0) is 12.8 Å². The van der Waals surface area contributed by atoms with Gasteiger partial charge >= 0.3 is 0 Å². The number of benzene rings is 1. The van der Waals surface area contributed by atoms with Crippen molar-refractivity contribution in [2.24, 2.45) is 0 Å². The Hall–Kier alpha value is -0.820. The fourth-order valence-electron chi connectivity index (χ4n) is 2.18. The van der Waals surface area contributed by atoms with E-state index in [1.165, 1.54) is 35.8 Å². The van der Waals surface area contributed by atoms with E-state index < -0.39 is 10.2 Å². The van der Waals surface area contributed by atoms with Crippen LogP contribution in [0.1, 0.15) is 23.3 Å². The molecule has 4 nitrogen and oxygen atoms in total. The van der Waals surface area contributed by atoms with Crippen molar-refractivity contribution in [3.05, 3.63) is 40.8 Å². The minimum Gasteiger partial charge on any atom is -0.222 e. The minimum absolute atomic E-state index is 1.29. The molecule has 2 aromatic rings. The Kier molecular flexibility index (Phi) is 4.67. The van der Waals surface area contributed by atoms with Crippen LogP contribution in [0.5, 0.6) is 0 Å². The molecule has 6 heteroatoms. The van der Waals surface area contributed by atoms with Gasteiger partial charge in [0.05, 0.1) is 0 Å². The van der Waals surface area contributed by atoms with E-state index in [-0.39, 0.29) is 0 Å². The summed E-state index contributed by atoms with van der Waals surface area (Å²) in [6.45, 7) is 0. The van der Waals surface area contributed by atoms with Crippen molar-refractivity contribution < 1.29 is 28.9 Å². The predicted molar refractivity (Wildman–Crippen MR) is 62.9 cm³/mol. The highest BCUT2D eigenvalue weighted by molar-refractivity contribution is 7.18. The molecule has 0 atom stereocenters. The molecular formula is C13H13ClO4S. The highest BCUT2D eigenvalue weighted by atomic mass is 35.7. The molecule has 0 saturated carbocycles. The van der Waals surface area contributed by atoms with Gasteiger partial charge in [-0.1, -0.05) is 12.1 Å². The third-order valence-corrected chi connectivity index (χ3v) is 4.24. The normalized spacial score (nSPS) is 14.5. The summed E-state index contributed by atoms with van der Waals surface area (Å²) in [5.74, 6) is 0. The van der Waals surface area contributed by atoms with Gasteiger partial charge in [-0.25, -0.2) is 18.6 Å². The van der Waals surface area contributed by atoms with E-state index >= 15 is 0 Å². The average molecular weight is 301 g/mol. The Morgan fingerprint density at radius 1 is 0.947 bits per heavy atom. The summed E-state index contributed by atoms with van der Waals surface area (Å²) in [5.41, 5.74) is 1.60. The maximum atomic E-state index is 8.49. The molecule has 0 aliphatic heterocycles. The first-order valence-electron chi connectivity index (χ1n) is 5.89. The van der Waals surface area contributed by atoms with Crippen molar-refractivity contribution >= 4 is 21.4 Å². The smallest absolute Gasteiger partial charge is 0.222 e. The number of hydrogen-bond donors (Lipinski definition) is 0. The van der Waals surface area contributed by atoms with Crippen LogP contribution in [0.2, 0.25) is 0 Å². The molecule has 0 N–H and O–H groups in total. The maximum Gasteiger partial charge on any atom is 0.238 e. The van der Waals surface area contributed by atoms with E-state index in [1.807, 2.05) is 11.3 Å². The average Bonchev–Trinajstić information content (AvgIpc) is 2.34. The molecule has 1 aromatic heterocycles. The molecule has 0 radical (unpaired) electrons. The maximum absolute atomic E-state index is 8.49. The third-order valence-electron chi connectivity index (χ3n) is 2.94. The molecule has 0 bridgehead atoms. The van der Waals surface area contributed by atoms with E-state index in [2.05, 4.69) is 30.3 Å². The van der Waals surface area contributed by atoms with Gasteiger partial charge in [0.2, 0.25) is 20.9 Å². The Morgan fingerprint density at radius 2 is 1.58 bits per heavy atom. The summed E-state index contributed by atoms with van der Waals surface area (Å²) in [6.07, 6.45) is 5.33. The molecule has 0 unspecified atom stereocenters. The van der Waals surface area contributed by atoms with Gasteiger partial charge in [-0.15, -0.1) is 10.2 Å². The van der Waals surface area contributed by atoms with Gasteiger partial charge in [-0.3, -0.25) is 0 Å². The highest BCUT2D eigenvalue weighted by Crippen LogP contribution is 2.30. The summed E-state index contributed by atoms with van der Waals surface area (Å²) < 4.78 is 35.4. The molecule has 0 spiro atoms. The lowest BCUT2D eigenvalue weighted by Gasteiger charge is -2.17. The number of halogens is 1. The zero-order chi connectivity index (χ0) is 13.9. The molecule has 1 aromatic carbocycles. The van der Waals surface area contributed by atoms with Crippen molar-refractivity contribution in [1.29, 1.82) is 0 Å². The largest absolute Gasteiger partial charge is 0.238 e. The van der Waals surface area contributed by atoms with Gasteiger partial charge in [0, 0.05) is 23.4 Å². The zero-order valence-corrected chi connectivity index (χ0v) is 11.7. The lowest BCUT2D eigenvalue weighted by Crippen LogP contribution is -2.68. The molecule has 0 saturated heterocycles. The Morgan fingerprint density at radius 3 is 2.32 bits per heavy atom. The summed E-state index contributed by atoms with van der Waals surface area (Å²) in [4.78, 5) is 1.62. The molecular weight excluding hydrogens is 288 g/mol. The zero-order valence-electron chi connectivity index (χ0n) is 10.1. The van der Waals surface area contributed by atoms with Crippen LogP contribution in [0.3, 0.4) is 0 Å². The van der Waals surface area contributed by atoms with Crippen molar-refractivity contribution in [1.82, 2.24) is 0 Å². The van der Waals surface area contributed by atoms with Gasteiger partial charge in [0.1, 0.15) is 0 Å². The standard InChI is InChI=1S/C13H13S.ClHO4/c1-3-7-12-10(5-1)9-11-6-2-4-8-13(11)14-12;2-1(3,4)5/h1,3,5,7,9H,2,4,6,8H2;(H,2,3,4,5)/q+1;/p-1.